The van der Waals surface area contributed by atoms with Crippen molar-refractivity contribution in [3.05, 3.63) is 59.2 Å². The maximum absolute atomic E-state index is 11.6. The van der Waals surface area contributed by atoms with Crippen LogP contribution in [0.2, 0.25) is 0 Å². The highest BCUT2D eigenvalue weighted by molar-refractivity contribution is 5.94. The van der Waals surface area contributed by atoms with Gasteiger partial charge in [0.1, 0.15) is 30.0 Å². The molecule has 1 aliphatic heterocycles. The Morgan fingerprint density at radius 3 is 2.74 bits per heavy atom. The Bertz CT molecular complexity index is 817. The fourth-order valence-corrected chi connectivity index (χ4v) is 3.01. The number of amidine groups is 1. The highest BCUT2D eigenvalue weighted by atomic mass is 16.5. The number of nitrogen functional groups attached to an aromatic ring is 1. The number of hydrogen-bond acceptors (Lipinski definition) is 5. The molecule has 0 radical (unpaired) electrons. The van der Waals surface area contributed by atoms with Crippen LogP contribution in [-0.4, -0.2) is 24.5 Å². The van der Waals surface area contributed by atoms with Crippen LogP contribution in [0.3, 0.4) is 0 Å². The maximum atomic E-state index is 11.6. The molecule has 2 aromatic carbocycles. The molecule has 0 aliphatic carbocycles. The molecule has 2 aromatic rings. The van der Waals surface area contributed by atoms with Crippen molar-refractivity contribution >= 4 is 11.8 Å². The minimum Gasteiger partial charge on any atom is -0.490 e. The second kappa shape index (κ2) is 8.58. The number of ether oxygens (including phenoxy) is 3. The Morgan fingerprint density at radius 1 is 1.26 bits per heavy atom. The standard InChI is InChI=1S/C21H24N2O4/c1-2-25-20(24)12-18-8-7-16-11-17(9-10-19(16)27-18)26-13-14-3-5-15(6-4-14)21(22)23/h3-6,9-11,18H,2,7-8,12-13H2,1H3,(H3,22,23). The molecule has 0 bridgehead atoms. The number of carbonyl (C=O) groups is 1. The zero-order valence-electron chi connectivity index (χ0n) is 15.4. The van der Waals surface area contributed by atoms with Gasteiger partial charge in [-0.15, -0.1) is 0 Å². The fourth-order valence-electron chi connectivity index (χ4n) is 3.01. The normalized spacial score (nSPS) is 15.4. The second-order valence-corrected chi connectivity index (χ2v) is 6.46. The number of hydrogen-bond donors (Lipinski definition) is 2. The van der Waals surface area contributed by atoms with E-state index in [0.29, 0.717) is 18.8 Å². The van der Waals surface area contributed by atoms with Gasteiger partial charge in [-0.05, 0) is 49.1 Å². The Kier molecular flexibility index (Phi) is 5.96. The van der Waals surface area contributed by atoms with Crippen molar-refractivity contribution in [1.29, 1.82) is 5.41 Å². The van der Waals surface area contributed by atoms with Crippen LogP contribution in [0.4, 0.5) is 0 Å². The molecule has 3 rings (SSSR count). The van der Waals surface area contributed by atoms with Crippen molar-refractivity contribution in [3.8, 4) is 11.5 Å². The molecule has 6 nitrogen and oxygen atoms in total. The molecule has 0 amide bonds. The van der Waals surface area contributed by atoms with Gasteiger partial charge in [0.15, 0.2) is 0 Å². The number of rotatable bonds is 7. The minimum absolute atomic E-state index is 0.0541. The maximum Gasteiger partial charge on any atom is 0.309 e. The zero-order chi connectivity index (χ0) is 19.2. The van der Waals surface area contributed by atoms with Crippen molar-refractivity contribution in [2.75, 3.05) is 6.61 Å². The third-order valence-electron chi connectivity index (χ3n) is 4.43. The van der Waals surface area contributed by atoms with E-state index in [9.17, 15) is 4.79 Å². The van der Waals surface area contributed by atoms with E-state index in [1.807, 2.05) is 42.5 Å². The van der Waals surface area contributed by atoms with Gasteiger partial charge in [0.25, 0.3) is 0 Å². The Labute approximate surface area is 158 Å². The van der Waals surface area contributed by atoms with Crippen LogP contribution in [-0.2, 0) is 22.6 Å². The lowest BCUT2D eigenvalue weighted by Gasteiger charge is -2.26. The van der Waals surface area contributed by atoms with E-state index in [1.54, 1.807) is 6.92 Å². The molecular formula is C21H24N2O4. The predicted octanol–water partition coefficient (Wildman–Crippen LogP) is 3.20. The zero-order valence-corrected chi connectivity index (χ0v) is 15.4. The molecule has 0 spiro atoms. The molecule has 1 heterocycles. The molecule has 0 saturated heterocycles. The number of aryl methyl sites for hydroxylation is 1. The van der Waals surface area contributed by atoms with Crippen molar-refractivity contribution in [1.82, 2.24) is 0 Å². The van der Waals surface area contributed by atoms with Gasteiger partial charge in [-0.2, -0.15) is 0 Å². The molecular weight excluding hydrogens is 344 g/mol. The molecule has 1 atom stereocenters. The first kappa shape index (κ1) is 18.8. The van der Waals surface area contributed by atoms with E-state index >= 15 is 0 Å². The number of benzene rings is 2. The van der Waals surface area contributed by atoms with E-state index < -0.39 is 0 Å². The number of esters is 1. The average Bonchev–Trinajstić information content (AvgIpc) is 2.66. The summed E-state index contributed by atoms with van der Waals surface area (Å²) >= 11 is 0. The van der Waals surface area contributed by atoms with Crippen LogP contribution in [0.15, 0.2) is 42.5 Å². The fraction of sp³-hybridized carbons (Fsp3) is 0.333. The predicted molar refractivity (Wildman–Crippen MR) is 102 cm³/mol. The lowest BCUT2D eigenvalue weighted by molar-refractivity contribution is -0.145. The van der Waals surface area contributed by atoms with Crippen LogP contribution in [0.25, 0.3) is 0 Å². The highest BCUT2D eigenvalue weighted by Crippen LogP contribution is 2.32. The van der Waals surface area contributed by atoms with Gasteiger partial charge in [-0.3, -0.25) is 10.2 Å². The number of nitrogens with one attached hydrogen (secondary N) is 1. The van der Waals surface area contributed by atoms with E-state index in [0.717, 1.165) is 35.5 Å². The van der Waals surface area contributed by atoms with Gasteiger partial charge in [0.05, 0.1) is 13.0 Å². The summed E-state index contributed by atoms with van der Waals surface area (Å²) in [5.41, 5.74) is 8.24. The lowest BCUT2D eigenvalue weighted by atomic mass is 10.0. The molecule has 1 aliphatic rings. The van der Waals surface area contributed by atoms with Gasteiger partial charge in [-0.1, -0.05) is 24.3 Å². The van der Waals surface area contributed by atoms with Gasteiger partial charge in [0, 0.05) is 5.56 Å². The SMILES string of the molecule is CCOC(=O)CC1CCc2cc(OCc3ccc(C(=N)N)cc3)ccc2O1. The first-order valence-electron chi connectivity index (χ1n) is 9.06. The van der Waals surface area contributed by atoms with E-state index in [1.165, 1.54) is 0 Å². The Balaban J connectivity index is 1.57. The summed E-state index contributed by atoms with van der Waals surface area (Å²) in [6.07, 6.45) is 1.76. The number of nitrogens with two attached hydrogens (primary N) is 1. The van der Waals surface area contributed by atoms with Crippen molar-refractivity contribution in [2.45, 2.75) is 38.9 Å². The minimum atomic E-state index is -0.221. The lowest BCUT2D eigenvalue weighted by Crippen LogP contribution is -2.26. The highest BCUT2D eigenvalue weighted by Gasteiger charge is 2.23. The molecule has 0 fully saturated rings. The molecule has 3 N–H and O–H groups in total. The van der Waals surface area contributed by atoms with Crippen molar-refractivity contribution < 1.29 is 19.0 Å². The number of carbonyl (C=O) groups excluding carboxylic acids is 1. The van der Waals surface area contributed by atoms with Crippen LogP contribution in [0, 0.1) is 5.41 Å². The molecule has 6 heteroatoms. The summed E-state index contributed by atoms with van der Waals surface area (Å²) in [6, 6.07) is 13.2. The van der Waals surface area contributed by atoms with E-state index in [-0.39, 0.29) is 24.3 Å². The van der Waals surface area contributed by atoms with Crippen LogP contribution in [0.1, 0.15) is 36.5 Å². The van der Waals surface area contributed by atoms with Gasteiger partial charge in [0.2, 0.25) is 0 Å². The third-order valence-corrected chi connectivity index (χ3v) is 4.43. The summed E-state index contributed by atoms with van der Waals surface area (Å²) in [5.74, 6) is 1.41. The second-order valence-electron chi connectivity index (χ2n) is 6.46. The molecule has 27 heavy (non-hydrogen) atoms. The Morgan fingerprint density at radius 2 is 2.04 bits per heavy atom. The summed E-state index contributed by atoms with van der Waals surface area (Å²) in [4.78, 5) is 11.6. The molecule has 1 unspecified atom stereocenters. The largest absolute Gasteiger partial charge is 0.490 e. The smallest absolute Gasteiger partial charge is 0.309 e. The van der Waals surface area contributed by atoms with Gasteiger partial charge < -0.3 is 19.9 Å². The first-order valence-corrected chi connectivity index (χ1v) is 9.06. The number of fused-ring (bicyclic) bond motifs is 1. The van der Waals surface area contributed by atoms with E-state index in [4.69, 9.17) is 25.4 Å². The Hall–Kier alpha value is -3.02. The average molecular weight is 368 g/mol. The molecule has 142 valence electrons. The third kappa shape index (κ3) is 5.00. The first-order chi connectivity index (χ1) is 13.0. The van der Waals surface area contributed by atoms with Crippen LogP contribution < -0.4 is 15.2 Å². The molecule has 0 aromatic heterocycles. The van der Waals surface area contributed by atoms with Crippen molar-refractivity contribution in [2.24, 2.45) is 5.73 Å². The van der Waals surface area contributed by atoms with Gasteiger partial charge in [-0.25, -0.2) is 0 Å². The topological polar surface area (TPSA) is 94.6 Å². The van der Waals surface area contributed by atoms with E-state index in [2.05, 4.69) is 0 Å². The van der Waals surface area contributed by atoms with Gasteiger partial charge >= 0.3 is 5.97 Å². The van der Waals surface area contributed by atoms with Crippen LogP contribution in [0.5, 0.6) is 11.5 Å². The molecule has 0 saturated carbocycles. The summed E-state index contributed by atoms with van der Waals surface area (Å²) < 4.78 is 16.8. The monoisotopic (exact) mass is 368 g/mol. The van der Waals surface area contributed by atoms with Crippen molar-refractivity contribution in [3.63, 3.8) is 0 Å². The summed E-state index contributed by atoms with van der Waals surface area (Å²) in [7, 11) is 0. The quantitative estimate of drug-likeness (QED) is 0.445. The van der Waals surface area contributed by atoms with Crippen LogP contribution >= 0.6 is 0 Å². The summed E-state index contributed by atoms with van der Waals surface area (Å²) in [6.45, 7) is 2.62. The summed E-state index contributed by atoms with van der Waals surface area (Å²) in [5, 5.41) is 7.41.